The molecule has 0 radical (unpaired) electrons. The standard InChI is InChI=1S/C12H13ClN2O/c1-12(7-16-8-12)6-15-10-3-2-9(5-14)11(13)4-10/h2-4,15H,6-8H2,1H3. The first-order valence-corrected chi connectivity index (χ1v) is 5.52. The van der Waals surface area contributed by atoms with Crippen molar-refractivity contribution >= 4 is 17.3 Å². The lowest BCUT2D eigenvalue weighted by atomic mass is 9.89. The van der Waals surface area contributed by atoms with Gasteiger partial charge in [-0.1, -0.05) is 18.5 Å². The van der Waals surface area contributed by atoms with Crippen molar-refractivity contribution in [3.63, 3.8) is 0 Å². The molecule has 84 valence electrons. The fourth-order valence-corrected chi connectivity index (χ4v) is 1.81. The number of nitrogens with zero attached hydrogens (tertiary/aromatic N) is 1. The van der Waals surface area contributed by atoms with E-state index in [1.54, 1.807) is 12.1 Å². The Morgan fingerprint density at radius 2 is 2.31 bits per heavy atom. The van der Waals surface area contributed by atoms with Gasteiger partial charge in [-0.2, -0.15) is 5.26 Å². The summed E-state index contributed by atoms with van der Waals surface area (Å²) in [7, 11) is 0. The fourth-order valence-electron chi connectivity index (χ4n) is 1.58. The number of halogens is 1. The van der Waals surface area contributed by atoms with Crippen LogP contribution in [0.3, 0.4) is 0 Å². The van der Waals surface area contributed by atoms with Crippen molar-refractivity contribution in [2.45, 2.75) is 6.92 Å². The van der Waals surface area contributed by atoms with Gasteiger partial charge in [-0.25, -0.2) is 0 Å². The van der Waals surface area contributed by atoms with Gasteiger partial charge in [0.1, 0.15) is 6.07 Å². The zero-order valence-electron chi connectivity index (χ0n) is 9.09. The summed E-state index contributed by atoms with van der Waals surface area (Å²) in [6.45, 7) is 4.62. The SMILES string of the molecule is CC1(CNc2ccc(C#N)c(Cl)c2)COC1. The summed E-state index contributed by atoms with van der Waals surface area (Å²) in [5, 5.41) is 12.5. The first-order chi connectivity index (χ1) is 7.63. The predicted molar refractivity (Wildman–Crippen MR) is 63.6 cm³/mol. The maximum atomic E-state index is 8.74. The molecule has 1 heterocycles. The molecular formula is C12H13ClN2O. The molecule has 1 aliphatic heterocycles. The first-order valence-electron chi connectivity index (χ1n) is 5.14. The highest BCUT2D eigenvalue weighted by atomic mass is 35.5. The Labute approximate surface area is 100.0 Å². The normalized spacial score (nSPS) is 17.3. The van der Waals surface area contributed by atoms with E-state index < -0.39 is 0 Å². The molecule has 0 spiro atoms. The highest BCUT2D eigenvalue weighted by Crippen LogP contribution is 2.27. The van der Waals surface area contributed by atoms with E-state index in [1.165, 1.54) is 0 Å². The Morgan fingerprint density at radius 3 is 2.81 bits per heavy atom. The van der Waals surface area contributed by atoms with Gasteiger partial charge in [-0.15, -0.1) is 0 Å². The Bertz CT molecular complexity index is 435. The van der Waals surface area contributed by atoms with E-state index in [0.29, 0.717) is 10.6 Å². The molecule has 0 aliphatic carbocycles. The molecule has 4 heteroatoms. The predicted octanol–water partition coefficient (Wildman–Crippen LogP) is 2.66. The third-order valence-electron chi connectivity index (χ3n) is 2.71. The van der Waals surface area contributed by atoms with Crippen molar-refractivity contribution in [3.05, 3.63) is 28.8 Å². The molecule has 0 unspecified atom stereocenters. The number of rotatable bonds is 3. The number of benzene rings is 1. The van der Waals surface area contributed by atoms with Gasteiger partial charge in [0.05, 0.1) is 23.8 Å². The molecule has 0 bridgehead atoms. The second-order valence-corrected chi connectivity index (χ2v) is 4.87. The van der Waals surface area contributed by atoms with Crippen LogP contribution >= 0.6 is 11.6 Å². The van der Waals surface area contributed by atoms with Crippen molar-refractivity contribution in [1.82, 2.24) is 0 Å². The zero-order chi connectivity index (χ0) is 11.6. The number of hydrogen-bond acceptors (Lipinski definition) is 3. The molecule has 1 N–H and O–H groups in total. The lowest BCUT2D eigenvalue weighted by Gasteiger charge is -2.38. The molecule has 1 aliphatic rings. The van der Waals surface area contributed by atoms with Crippen molar-refractivity contribution < 1.29 is 4.74 Å². The van der Waals surface area contributed by atoms with Crippen molar-refractivity contribution in [3.8, 4) is 6.07 Å². The van der Waals surface area contributed by atoms with Crippen LogP contribution in [0.15, 0.2) is 18.2 Å². The second-order valence-electron chi connectivity index (χ2n) is 4.46. The number of anilines is 1. The molecule has 1 saturated heterocycles. The summed E-state index contributed by atoms with van der Waals surface area (Å²) in [6, 6.07) is 7.41. The topological polar surface area (TPSA) is 45.0 Å². The molecule has 1 fully saturated rings. The highest BCUT2D eigenvalue weighted by Gasteiger charge is 2.32. The number of nitriles is 1. The average Bonchev–Trinajstić information content (AvgIpc) is 2.24. The van der Waals surface area contributed by atoms with Crippen molar-refractivity contribution in [2.75, 3.05) is 25.1 Å². The Hall–Kier alpha value is -1.24. The molecule has 3 nitrogen and oxygen atoms in total. The lowest BCUT2D eigenvalue weighted by molar-refractivity contribution is -0.0924. The smallest absolute Gasteiger partial charge is 0.101 e. The number of hydrogen-bond donors (Lipinski definition) is 1. The van der Waals surface area contributed by atoms with Crippen LogP contribution in [-0.2, 0) is 4.74 Å². The van der Waals surface area contributed by atoms with Crippen molar-refractivity contribution in [1.29, 1.82) is 5.26 Å². The molecule has 0 aromatic heterocycles. The van der Waals surface area contributed by atoms with Gasteiger partial charge in [0.2, 0.25) is 0 Å². The first kappa shape index (κ1) is 11.3. The number of nitrogens with one attached hydrogen (secondary N) is 1. The van der Waals surface area contributed by atoms with Crippen molar-refractivity contribution in [2.24, 2.45) is 5.41 Å². The fraction of sp³-hybridized carbons (Fsp3) is 0.417. The van der Waals surface area contributed by atoms with Crippen LogP contribution in [0.1, 0.15) is 12.5 Å². The Kier molecular flexibility index (Phi) is 3.04. The monoisotopic (exact) mass is 236 g/mol. The molecular weight excluding hydrogens is 224 g/mol. The van der Waals surface area contributed by atoms with E-state index in [1.807, 2.05) is 12.1 Å². The van der Waals surface area contributed by atoms with E-state index in [4.69, 9.17) is 21.6 Å². The summed E-state index contributed by atoms with van der Waals surface area (Å²) in [4.78, 5) is 0. The van der Waals surface area contributed by atoms with Crippen LogP contribution in [0, 0.1) is 16.7 Å². The zero-order valence-corrected chi connectivity index (χ0v) is 9.84. The summed E-state index contributed by atoms with van der Waals surface area (Å²) >= 11 is 5.94. The second kappa shape index (κ2) is 4.32. The average molecular weight is 237 g/mol. The maximum absolute atomic E-state index is 8.74. The molecule has 1 aromatic carbocycles. The van der Waals surface area contributed by atoms with Gasteiger partial charge >= 0.3 is 0 Å². The van der Waals surface area contributed by atoms with E-state index in [9.17, 15) is 0 Å². The van der Waals surface area contributed by atoms with Crippen LogP contribution in [0.5, 0.6) is 0 Å². The number of ether oxygens (including phenoxy) is 1. The quantitative estimate of drug-likeness (QED) is 0.878. The minimum absolute atomic E-state index is 0.223. The van der Waals surface area contributed by atoms with E-state index in [0.717, 1.165) is 25.4 Å². The summed E-state index contributed by atoms with van der Waals surface area (Å²) in [6.07, 6.45) is 0. The Balaban J connectivity index is 2.00. The van der Waals surface area contributed by atoms with Gasteiger partial charge in [0.25, 0.3) is 0 Å². The van der Waals surface area contributed by atoms with Gasteiger partial charge in [-0.3, -0.25) is 0 Å². The minimum Gasteiger partial charge on any atom is -0.384 e. The third kappa shape index (κ3) is 2.29. The highest BCUT2D eigenvalue weighted by molar-refractivity contribution is 6.32. The molecule has 2 rings (SSSR count). The van der Waals surface area contributed by atoms with Crippen LogP contribution < -0.4 is 5.32 Å². The van der Waals surface area contributed by atoms with Gasteiger partial charge in [0, 0.05) is 17.6 Å². The van der Waals surface area contributed by atoms with Crippen LogP contribution in [0.4, 0.5) is 5.69 Å². The van der Waals surface area contributed by atoms with Crippen LogP contribution in [0.25, 0.3) is 0 Å². The van der Waals surface area contributed by atoms with Gasteiger partial charge in [-0.05, 0) is 18.2 Å². The third-order valence-corrected chi connectivity index (χ3v) is 3.02. The molecule has 0 saturated carbocycles. The molecule has 16 heavy (non-hydrogen) atoms. The molecule has 0 atom stereocenters. The van der Waals surface area contributed by atoms with Gasteiger partial charge < -0.3 is 10.1 Å². The maximum Gasteiger partial charge on any atom is 0.101 e. The van der Waals surface area contributed by atoms with Crippen LogP contribution in [-0.4, -0.2) is 19.8 Å². The minimum atomic E-state index is 0.223. The lowest BCUT2D eigenvalue weighted by Crippen LogP contribution is -2.45. The van der Waals surface area contributed by atoms with Gasteiger partial charge in [0.15, 0.2) is 0 Å². The summed E-state index contributed by atoms with van der Waals surface area (Å²) in [5.41, 5.74) is 1.67. The Morgan fingerprint density at radius 1 is 1.56 bits per heavy atom. The van der Waals surface area contributed by atoms with E-state index in [-0.39, 0.29) is 5.41 Å². The molecule has 1 aromatic rings. The molecule has 0 amide bonds. The van der Waals surface area contributed by atoms with E-state index >= 15 is 0 Å². The summed E-state index contributed by atoms with van der Waals surface area (Å²) in [5.74, 6) is 0. The van der Waals surface area contributed by atoms with Crippen LogP contribution in [0.2, 0.25) is 5.02 Å². The summed E-state index contributed by atoms with van der Waals surface area (Å²) < 4.78 is 5.18. The largest absolute Gasteiger partial charge is 0.384 e. The van der Waals surface area contributed by atoms with E-state index in [2.05, 4.69) is 12.2 Å².